The van der Waals surface area contributed by atoms with Gasteiger partial charge in [-0.25, -0.2) is 14.8 Å². The molecule has 0 bridgehead atoms. The zero-order valence-electron chi connectivity index (χ0n) is 16.4. The molecule has 3 aromatic rings. The Labute approximate surface area is 184 Å². The molecule has 2 N–H and O–H groups in total. The van der Waals surface area contributed by atoms with Gasteiger partial charge in [0.05, 0.1) is 24.0 Å². The van der Waals surface area contributed by atoms with Gasteiger partial charge in [-0.1, -0.05) is 0 Å². The van der Waals surface area contributed by atoms with E-state index in [1.165, 1.54) is 12.6 Å². The van der Waals surface area contributed by atoms with Crippen molar-refractivity contribution in [2.45, 2.75) is 18.5 Å². The zero-order chi connectivity index (χ0) is 23.8. The fourth-order valence-corrected chi connectivity index (χ4v) is 3.47. The summed E-state index contributed by atoms with van der Waals surface area (Å²) in [5.41, 5.74) is -4.56. The molecule has 1 aromatic carbocycles. The van der Waals surface area contributed by atoms with E-state index in [9.17, 15) is 31.5 Å². The first-order chi connectivity index (χ1) is 15.5. The van der Waals surface area contributed by atoms with Crippen molar-refractivity contribution in [3.8, 4) is 17.2 Å². The Morgan fingerprint density at radius 1 is 1.21 bits per heavy atom. The van der Waals surface area contributed by atoms with Crippen molar-refractivity contribution >= 4 is 27.8 Å². The summed E-state index contributed by atoms with van der Waals surface area (Å²) in [4.78, 5) is 23.9. The second kappa shape index (κ2) is 8.23. The maximum Gasteiger partial charge on any atom is 0.534 e. The number of halogens is 3. The lowest BCUT2D eigenvalue weighted by Crippen LogP contribution is -2.36. The van der Waals surface area contributed by atoms with Crippen LogP contribution in [0.5, 0.6) is 5.88 Å². The number of rotatable bonds is 5. The van der Waals surface area contributed by atoms with Crippen LogP contribution in [0.25, 0.3) is 11.3 Å². The van der Waals surface area contributed by atoms with Crippen molar-refractivity contribution in [3.05, 3.63) is 48.1 Å². The number of anilines is 2. The van der Waals surface area contributed by atoms with Gasteiger partial charge in [0.2, 0.25) is 11.8 Å². The van der Waals surface area contributed by atoms with E-state index in [1.807, 2.05) is 0 Å². The van der Waals surface area contributed by atoms with Gasteiger partial charge in [0.15, 0.2) is 12.2 Å². The lowest BCUT2D eigenvalue weighted by atomic mass is 10.1. The number of hydrogen-bond acceptors (Lipinski definition) is 9. The summed E-state index contributed by atoms with van der Waals surface area (Å²) in [5.74, 6) is -0.607. The van der Waals surface area contributed by atoms with Gasteiger partial charge in [-0.3, -0.25) is 0 Å². The molecule has 33 heavy (non-hydrogen) atoms. The van der Waals surface area contributed by atoms with Crippen LogP contribution in [-0.2, 0) is 23.1 Å². The highest BCUT2D eigenvalue weighted by atomic mass is 32.2. The maximum atomic E-state index is 12.9. The molecule has 174 valence electrons. The Balaban J connectivity index is 1.67. The van der Waals surface area contributed by atoms with Gasteiger partial charge in [0.25, 0.3) is 0 Å². The lowest BCUT2D eigenvalue weighted by molar-refractivity contribution is -0.0502. The summed E-state index contributed by atoms with van der Waals surface area (Å²) in [6.07, 6.45) is 1.47. The van der Waals surface area contributed by atoms with E-state index in [2.05, 4.69) is 24.5 Å². The van der Waals surface area contributed by atoms with Crippen molar-refractivity contribution in [1.29, 1.82) is 0 Å². The van der Waals surface area contributed by atoms with E-state index in [-0.39, 0.29) is 30.2 Å². The van der Waals surface area contributed by atoms with Crippen molar-refractivity contribution < 1.29 is 40.1 Å². The van der Waals surface area contributed by atoms with Crippen molar-refractivity contribution in [2.75, 3.05) is 11.9 Å². The van der Waals surface area contributed by atoms with Gasteiger partial charge in [0, 0.05) is 24.2 Å². The second-order valence-corrected chi connectivity index (χ2v) is 8.32. The first-order valence-corrected chi connectivity index (χ1v) is 10.6. The summed E-state index contributed by atoms with van der Waals surface area (Å²) >= 11 is 0. The third-order valence-corrected chi connectivity index (χ3v) is 5.57. The normalized spacial score (nSPS) is 14.0. The highest BCUT2D eigenvalue weighted by Crippen LogP contribution is 2.33. The van der Waals surface area contributed by atoms with E-state index < -0.39 is 34.1 Å². The lowest BCUT2D eigenvalue weighted by Gasteiger charge is -2.27. The first kappa shape index (κ1) is 22.3. The monoisotopic (exact) mass is 485 g/mol. The minimum absolute atomic E-state index is 0.0100. The molecule has 0 saturated carbocycles. The van der Waals surface area contributed by atoms with Gasteiger partial charge in [0.1, 0.15) is 0 Å². The smallest absolute Gasteiger partial charge is 0.465 e. The second-order valence-electron chi connectivity index (χ2n) is 6.78. The largest absolute Gasteiger partial charge is 0.534 e. The molecule has 1 aliphatic rings. The van der Waals surface area contributed by atoms with E-state index >= 15 is 0 Å². The Bertz CT molecular complexity index is 1280. The number of aromatic nitrogens is 3. The predicted molar refractivity (Wildman–Crippen MR) is 105 cm³/mol. The molecule has 1 aliphatic heterocycles. The molecule has 0 spiro atoms. The topological polar surface area (TPSA) is 148 Å². The fourth-order valence-electron chi connectivity index (χ4n) is 3.03. The molecular formula is C18H14F3N5O6S. The molecular weight excluding hydrogens is 471 g/mol. The molecule has 2 aromatic heterocycles. The van der Waals surface area contributed by atoms with Gasteiger partial charge in [-0.15, -0.1) is 0 Å². The third kappa shape index (κ3) is 4.67. The minimum Gasteiger partial charge on any atom is -0.465 e. The van der Waals surface area contributed by atoms with Crippen LogP contribution in [0.3, 0.4) is 0 Å². The van der Waals surface area contributed by atoms with Gasteiger partial charge in [-0.05, 0) is 24.3 Å². The minimum atomic E-state index is -6.04. The van der Waals surface area contributed by atoms with E-state index in [0.717, 1.165) is 4.90 Å². The summed E-state index contributed by atoms with van der Waals surface area (Å²) < 4.78 is 71.2. The Kier molecular flexibility index (Phi) is 5.57. The Morgan fingerprint density at radius 3 is 2.55 bits per heavy atom. The molecule has 0 unspecified atom stereocenters. The van der Waals surface area contributed by atoms with Crippen LogP contribution in [0.1, 0.15) is 11.3 Å². The van der Waals surface area contributed by atoms with Gasteiger partial charge >= 0.3 is 21.7 Å². The number of nitrogens with zero attached hydrogens (tertiary/aromatic N) is 4. The molecule has 15 heteroatoms. The molecule has 0 atom stereocenters. The van der Waals surface area contributed by atoms with Gasteiger partial charge < -0.3 is 23.9 Å². The average molecular weight is 485 g/mol. The summed E-state index contributed by atoms with van der Waals surface area (Å²) in [7, 11) is -6.04. The zero-order valence-corrected chi connectivity index (χ0v) is 17.2. The average Bonchev–Trinajstić information content (AvgIpc) is 3.28. The molecule has 11 nitrogen and oxygen atoms in total. The van der Waals surface area contributed by atoms with E-state index in [1.54, 1.807) is 24.3 Å². The predicted octanol–water partition coefficient (Wildman–Crippen LogP) is 3.14. The highest BCUT2D eigenvalue weighted by Gasteiger charge is 2.49. The molecule has 0 aliphatic carbocycles. The number of carboxylic acid groups (broad SMARTS) is 1. The number of carbonyl (C=O) groups is 1. The number of hydrogen-bond donors (Lipinski definition) is 2. The quantitative estimate of drug-likeness (QED) is 0.408. The number of fused-ring (bicyclic) bond motifs is 1. The van der Waals surface area contributed by atoms with Crippen LogP contribution >= 0.6 is 0 Å². The van der Waals surface area contributed by atoms with Crippen molar-refractivity contribution in [3.63, 3.8) is 0 Å². The fraction of sp³-hybridized carbons (Fsp3) is 0.222. The van der Waals surface area contributed by atoms with E-state index in [4.69, 9.17) is 4.42 Å². The van der Waals surface area contributed by atoms with Gasteiger partial charge in [-0.2, -0.15) is 26.6 Å². The van der Waals surface area contributed by atoms with Crippen LogP contribution in [0.15, 0.2) is 41.3 Å². The number of nitrogens with one attached hydrogen (secondary N) is 1. The van der Waals surface area contributed by atoms with Crippen LogP contribution in [0.4, 0.5) is 29.6 Å². The number of alkyl halides is 3. The SMILES string of the molecule is O=C(O)N1CCc2nc(Nc3ccc(-c4cnco4)cc3)nc(OS(=O)(=O)C(F)(F)F)c2C1. The van der Waals surface area contributed by atoms with Crippen molar-refractivity contribution in [1.82, 2.24) is 19.9 Å². The third-order valence-electron chi connectivity index (χ3n) is 4.62. The molecule has 0 fully saturated rings. The molecule has 4 rings (SSSR count). The first-order valence-electron chi connectivity index (χ1n) is 9.18. The summed E-state index contributed by atoms with van der Waals surface area (Å²) in [5, 5.41) is 12.0. The molecule has 0 radical (unpaired) electrons. The molecule has 3 heterocycles. The van der Waals surface area contributed by atoms with Crippen LogP contribution in [0, 0.1) is 0 Å². The summed E-state index contributed by atoms with van der Waals surface area (Å²) in [6, 6.07) is 6.58. The number of amides is 1. The standard InChI is InChI=1S/C18H14F3N5O6S/c19-18(20,21)33(29,30)32-15-12-8-26(17(27)28)6-5-13(12)24-16(25-15)23-11-3-1-10(2-4-11)14-7-22-9-31-14/h1-4,7,9H,5-6,8H2,(H,27,28)(H,23,24,25). The summed E-state index contributed by atoms with van der Waals surface area (Å²) in [6.45, 7) is -0.421. The Hall–Kier alpha value is -3.88. The number of oxazole rings is 1. The molecule has 1 amide bonds. The molecule has 0 saturated heterocycles. The van der Waals surface area contributed by atoms with Crippen LogP contribution < -0.4 is 9.50 Å². The Morgan fingerprint density at radius 2 is 1.94 bits per heavy atom. The van der Waals surface area contributed by atoms with Crippen LogP contribution in [0.2, 0.25) is 0 Å². The maximum absolute atomic E-state index is 12.9. The van der Waals surface area contributed by atoms with Crippen molar-refractivity contribution in [2.24, 2.45) is 0 Å². The van der Waals surface area contributed by atoms with Crippen LogP contribution in [-0.4, -0.2) is 51.5 Å². The number of benzene rings is 1. The van der Waals surface area contributed by atoms with E-state index in [0.29, 0.717) is 17.0 Å². The highest BCUT2D eigenvalue weighted by molar-refractivity contribution is 7.87.